The van der Waals surface area contributed by atoms with Crippen LogP contribution in [0.3, 0.4) is 0 Å². The summed E-state index contributed by atoms with van der Waals surface area (Å²) in [5, 5.41) is 7.81. The highest BCUT2D eigenvalue weighted by atomic mass is 16.4. The number of oxazole rings is 1. The molecule has 0 aliphatic carbocycles. The maximum Gasteiger partial charge on any atom is 0.247 e. The third-order valence-electron chi connectivity index (χ3n) is 10.3. The van der Waals surface area contributed by atoms with Crippen LogP contribution in [0.4, 0.5) is 11.4 Å². The number of aromatic nitrogens is 3. The average molecular weight is 855 g/mol. The minimum atomic E-state index is 0.170. The number of nitrogens with zero attached hydrogens (tertiary/aromatic N) is 4. The van der Waals surface area contributed by atoms with E-state index in [4.69, 9.17) is 8.83 Å². The molecule has 0 saturated heterocycles. The summed E-state index contributed by atoms with van der Waals surface area (Å²) in [5.41, 5.74) is 11.9. The van der Waals surface area contributed by atoms with Crippen molar-refractivity contribution < 1.29 is 8.83 Å². The topological polar surface area (TPSA) is 68.2 Å². The van der Waals surface area contributed by atoms with E-state index in [9.17, 15) is 0 Å². The van der Waals surface area contributed by atoms with Crippen LogP contribution in [0.5, 0.6) is 0 Å². The lowest BCUT2D eigenvalue weighted by Gasteiger charge is -2.18. The Kier molecular flexibility index (Phi) is 16.9. The predicted octanol–water partition coefficient (Wildman–Crippen LogP) is 16.0. The molecule has 9 aromatic rings. The van der Waals surface area contributed by atoms with Crippen molar-refractivity contribution in [2.45, 2.75) is 47.0 Å². The van der Waals surface area contributed by atoms with Gasteiger partial charge < -0.3 is 13.7 Å². The summed E-state index contributed by atoms with van der Waals surface area (Å²) in [6, 6.07) is 68.0. The second kappa shape index (κ2) is 23.6. The predicted molar refractivity (Wildman–Crippen MR) is 272 cm³/mol. The molecule has 0 fully saturated rings. The fourth-order valence-electron chi connectivity index (χ4n) is 6.79. The van der Waals surface area contributed by atoms with Gasteiger partial charge in [-0.05, 0) is 95.6 Å². The van der Waals surface area contributed by atoms with Crippen LogP contribution in [0.1, 0.15) is 62.8 Å². The third kappa shape index (κ3) is 13.8. The normalized spacial score (nSPS) is 10.6. The molecule has 0 radical (unpaired) electrons. The first kappa shape index (κ1) is 46.7. The highest BCUT2D eigenvalue weighted by molar-refractivity contribution is 5.79. The Labute approximate surface area is 385 Å². The fraction of sp³-hybridized carbons (Fsp3) is 0.136. The second-order valence-corrected chi connectivity index (χ2v) is 16.1. The zero-order chi connectivity index (χ0) is 45.9. The number of hydrogen-bond donors (Lipinski definition) is 0. The van der Waals surface area contributed by atoms with Crippen molar-refractivity contribution >= 4 is 23.0 Å². The van der Waals surface area contributed by atoms with E-state index in [0.717, 1.165) is 22.5 Å². The summed E-state index contributed by atoms with van der Waals surface area (Å²) >= 11 is 0. The van der Waals surface area contributed by atoms with Gasteiger partial charge in [0, 0.05) is 42.0 Å². The lowest BCUT2D eigenvalue weighted by atomic mass is 9.87. The van der Waals surface area contributed by atoms with E-state index in [-0.39, 0.29) is 5.41 Å². The Balaban J connectivity index is 0.000000145. The van der Waals surface area contributed by atoms with Crippen LogP contribution < -0.4 is 4.90 Å². The molecule has 0 aliphatic rings. The quantitative estimate of drug-likeness (QED) is 0.152. The highest BCUT2D eigenvalue weighted by Gasteiger charge is 2.14. The summed E-state index contributed by atoms with van der Waals surface area (Å²) in [4.78, 5) is 6.52. The Morgan fingerprint density at radius 3 is 1.42 bits per heavy atom. The molecular formula is C59H58N4O2. The molecule has 2 heterocycles. The fourth-order valence-corrected chi connectivity index (χ4v) is 6.79. The highest BCUT2D eigenvalue weighted by Crippen LogP contribution is 2.28. The molecule has 326 valence electrons. The van der Waals surface area contributed by atoms with E-state index < -0.39 is 0 Å². The smallest absolute Gasteiger partial charge is 0.247 e. The number of hydrogen-bond acceptors (Lipinski definition) is 6. The maximum atomic E-state index is 5.83. The van der Waals surface area contributed by atoms with Gasteiger partial charge in [0.1, 0.15) is 0 Å². The van der Waals surface area contributed by atoms with Gasteiger partial charge in [0.25, 0.3) is 0 Å². The number of aryl methyl sites for hydroxylation is 1. The van der Waals surface area contributed by atoms with Gasteiger partial charge >= 0.3 is 0 Å². The Hall–Kier alpha value is -7.83. The minimum absolute atomic E-state index is 0.170. The lowest BCUT2D eigenvalue weighted by molar-refractivity contribution is 0.532. The van der Waals surface area contributed by atoms with Gasteiger partial charge in [-0.25, -0.2) is 4.98 Å². The molecule has 0 atom stereocenters. The second-order valence-electron chi connectivity index (χ2n) is 16.1. The first-order valence-electron chi connectivity index (χ1n) is 21.9. The van der Waals surface area contributed by atoms with Gasteiger partial charge in [-0.1, -0.05) is 191 Å². The van der Waals surface area contributed by atoms with Crippen LogP contribution in [-0.2, 0) is 5.41 Å². The average Bonchev–Trinajstić information content (AvgIpc) is 4.04. The molecule has 7 aromatic carbocycles. The molecule has 0 N–H and O–H groups in total. The molecule has 9 rings (SSSR count). The van der Waals surface area contributed by atoms with Gasteiger partial charge in [0.2, 0.25) is 17.7 Å². The largest absolute Gasteiger partial charge is 0.436 e. The third-order valence-corrected chi connectivity index (χ3v) is 10.3. The van der Waals surface area contributed by atoms with Crippen LogP contribution in [0.15, 0.2) is 227 Å². The van der Waals surface area contributed by atoms with Gasteiger partial charge in [-0.2, -0.15) is 0 Å². The molecule has 0 saturated carbocycles. The summed E-state index contributed by atoms with van der Waals surface area (Å²) in [5.74, 6) is 2.61. The molecule has 2 aromatic heterocycles. The van der Waals surface area contributed by atoms with Crippen molar-refractivity contribution in [3.8, 4) is 34.2 Å². The van der Waals surface area contributed by atoms with Crippen LogP contribution in [0, 0.1) is 6.92 Å². The van der Waals surface area contributed by atoms with Crippen molar-refractivity contribution in [1.29, 1.82) is 0 Å². The summed E-state index contributed by atoms with van der Waals surface area (Å²) in [7, 11) is 2.07. The zero-order valence-electron chi connectivity index (χ0n) is 38.5. The Bertz CT molecular complexity index is 2710. The number of anilines is 2. The van der Waals surface area contributed by atoms with E-state index in [2.05, 4.69) is 188 Å². The van der Waals surface area contributed by atoms with Crippen LogP contribution in [-0.4, -0.2) is 22.2 Å². The van der Waals surface area contributed by atoms with Gasteiger partial charge in [-0.3, -0.25) is 0 Å². The molecule has 6 nitrogen and oxygen atoms in total. The zero-order valence-corrected chi connectivity index (χ0v) is 38.5. The Morgan fingerprint density at radius 2 is 0.969 bits per heavy atom. The van der Waals surface area contributed by atoms with Crippen molar-refractivity contribution in [3.63, 3.8) is 0 Å². The van der Waals surface area contributed by atoms with Crippen molar-refractivity contribution in [2.24, 2.45) is 0 Å². The van der Waals surface area contributed by atoms with Crippen LogP contribution >= 0.6 is 0 Å². The van der Waals surface area contributed by atoms with E-state index in [1.54, 1.807) is 13.1 Å². The maximum absolute atomic E-state index is 5.83. The van der Waals surface area contributed by atoms with Crippen LogP contribution in [0.25, 0.3) is 45.9 Å². The minimum Gasteiger partial charge on any atom is -0.436 e. The molecule has 0 amide bonds. The molecular weight excluding hydrogens is 797 g/mol. The summed E-state index contributed by atoms with van der Waals surface area (Å²) < 4.78 is 11.2. The van der Waals surface area contributed by atoms with Crippen molar-refractivity contribution in [3.05, 3.63) is 247 Å². The first-order valence-corrected chi connectivity index (χ1v) is 21.9. The summed E-state index contributed by atoms with van der Waals surface area (Å²) in [6.45, 7) is 12.5. The molecule has 0 bridgehead atoms. The number of rotatable bonds is 8. The molecule has 0 aliphatic heterocycles. The molecule has 0 unspecified atom stereocenters. The van der Waals surface area contributed by atoms with Crippen LogP contribution in [0.2, 0.25) is 0 Å². The number of allylic oxidation sites excluding steroid dienone is 2. The monoisotopic (exact) mass is 854 g/mol. The van der Waals surface area contributed by atoms with E-state index in [0.29, 0.717) is 17.7 Å². The molecule has 0 spiro atoms. The molecule has 65 heavy (non-hydrogen) atoms. The SMILES string of the molecule is C/C=C/c1ccc(-c2ncc(-c3ccccc3)o2)cc1.CC=C(c1ccccc1)c1ccccc1.CN(c1ccccc1)c1ccccc1.Cc1nnc(-c2ccc(C(C)(C)C)cc2)o1. The van der Waals surface area contributed by atoms with Crippen molar-refractivity contribution in [2.75, 3.05) is 11.9 Å². The standard InChI is InChI=1S/C18H15NO.C15H14.C13H16N2O.C13H13N/c1-2-6-14-9-11-16(12-10-14)18-19-13-17(20-18)15-7-4-3-5-8-15;1-2-15(13-9-5-3-6-10-13)14-11-7-4-8-12-14;1-9-14-15-12(16-9)10-5-7-11(8-6-10)13(2,3)4;1-14(12-8-4-2-5-9-12)13-10-6-3-7-11-13/h2-13H,1H3;2-12H,1H3;5-8H,1-4H3;2-11H,1H3/b6-2+;;;. The van der Waals surface area contributed by atoms with Gasteiger partial charge in [0.15, 0.2) is 5.76 Å². The Morgan fingerprint density at radius 1 is 0.508 bits per heavy atom. The summed E-state index contributed by atoms with van der Waals surface area (Å²) in [6.07, 6.45) is 8.01. The van der Waals surface area contributed by atoms with E-state index in [1.165, 1.54) is 39.2 Å². The molecule has 6 heteroatoms. The van der Waals surface area contributed by atoms with E-state index in [1.807, 2.05) is 91.9 Å². The van der Waals surface area contributed by atoms with Gasteiger partial charge in [-0.15, -0.1) is 10.2 Å². The number of benzene rings is 7. The van der Waals surface area contributed by atoms with Crippen molar-refractivity contribution in [1.82, 2.24) is 15.2 Å². The van der Waals surface area contributed by atoms with E-state index >= 15 is 0 Å². The first-order chi connectivity index (χ1) is 31.6. The lowest BCUT2D eigenvalue weighted by Crippen LogP contribution is -2.10. The number of para-hydroxylation sites is 2. The van der Waals surface area contributed by atoms with Gasteiger partial charge in [0.05, 0.1) is 6.20 Å².